The van der Waals surface area contributed by atoms with E-state index in [0.717, 1.165) is 55.2 Å². The van der Waals surface area contributed by atoms with E-state index in [1.54, 1.807) is 11.3 Å². The van der Waals surface area contributed by atoms with E-state index in [1.165, 1.54) is 10.4 Å². The Bertz CT molecular complexity index is 1020. The predicted molar refractivity (Wildman–Crippen MR) is 117 cm³/mol. The Labute approximate surface area is 174 Å². The van der Waals surface area contributed by atoms with E-state index in [1.807, 2.05) is 29.6 Å². The molecule has 0 aliphatic carbocycles. The van der Waals surface area contributed by atoms with E-state index in [-0.39, 0.29) is 5.78 Å². The maximum Gasteiger partial charge on any atom is 0.165 e. The van der Waals surface area contributed by atoms with E-state index < -0.39 is 0 Å². The zero-order chi connectivity index (χ0) is 19.6. The molecule has 6 heteroatoms. The number of hydrogen-bond acceptors (Lipinski definition) is 6. The molecule has 150 valence electrons. The number of fused-ring (bicyclic) bond motifs is 2. The van der Waals surface area contributed by atoms with Gasteiger partial charge in [0.15, 0.2) is 17.3 Å². The quantitative estimate of drug-likeness (QED) is 0.596. The fourth-order valence-corrected chi connectivity index (χ4v) is 5.01. The lowest BCUT2D eigenvalue weighted by atomic mass is 10.1. The van der Waals surface area contributed by atoms with E-state index in [4.69, 9.17) is 9.47 Å². The number of piperazine rings is 1. The lowest BCUT2D eigenvalue weighted by molar-refractivity contribution is 0.0964. The highest BCUT2D eigenvalue weighted by Crippen LogP contribution is 2.34. The molecular formula is C23H24N2O3S. The van der Waals surface area contributed by atoms with Gasteiger partial charge in [-0.1, -0.05) is 18.2 Å². The summed E-state index contributed by atoms with van der Waals surface area (Å²) in [7, 11) is 0. The third kappa shape index (κ3) is 3.82. The van der Waals surface area contributed by atoms with Crippen LogP contribution in [0.4, 0.5) is 5.69 Å². The Hall–Kier alpha value is -2.57. The summed E-state index contributed by atoms with van der Waals surface area (Å²) in [5.41, 5.74) is 2.05. The maximum atomic E-state index is 12.7. The second-order valence-electron chi connectivity index (χ2n) is 7.48. The first kappa shape index (κ1) is 18.5. The van der Waals surface area contributed by atoms with Crippen molar-refractivity contribution in [2.75, 3.05) is 50.8 Å². The molecule has 29 heavy (non-hydrogen) atoms. The standard InChI is InChI=1S/C23H24N2O3S/c26-20(19-16-29-23-4-2-1-3-18(19)23)7-8-24-9-11-25(12-10-24)17-5-6-21-22(15-17)28-14-13-27-21/h1-6,15-16H,7-14H2. The van der Waals surface area contributed by atoms with E-state index in [0.29, 0.717) is 19.6 Å². The molecule has 0 spiro atoms. The van der Waals surface area contributed by atoms with Gasteiger partial charge in [-0.15, -0.1) is 11.3 Å². The van der Waals surface area contributed by atoms with E-state index in [9.17, 15) is 4.79 Å². The highest BCUT2D eigenvalue weighted by molar-refractivity contribution is 7.17. The Balaban J connectivity index is 1.16. The summed E-state index contributed by atoms with van der Waals surface area (Å²) in [4.78, 5) is 17.5. The summed E-state index contributed by atoms with van der Waals surface area (Å²) in [5, 5.41) is 3.10. The first-order chi connectivity index (χ1) is 14.3. The number of ether oxygens (including phenoxy) is 2. The molecule has 2 aromatic carbocycles. The maximum absolute atomic E-state index is 12.7. The Morgan fingerprint density at radius 3 is 2.62 bits per heavy atom. The van der Waals surface area contributed by atoms with Gasteiger partial charge in [-0.3, -0.25) is 9.69 Å². The van der Waals surface area contributed by atoms with Gasteiger partial charge in [-0.25, -0.2) is 0 Å². The second kappa shape index (κ2) is 8.05. The molecule has 0 bridgehead atoms. The van der Waals surface area contributed by atoms with Crippen LogP contribution < -0.4 is 14.4 Å². The Morgan fingerprint density at radius 2 is 1.76 bits per heavy atom. The first-order valence-electron chi connectivity index (χ1n) is 10.1. The van der Waals surface area contributed by atoms with Crippen LogP contribution in [0.15, 0.2) is 47.8 Å². The predicted octanol–water partition coefficient (Wildman–Crippen LogP) is 4.07. The number of benzene rings is 2. The van der Waals surface area contributed by atoms with Gasteiger partial charge in [0.25, 0.3) is 0 Å². The first-order valence-corrected chi connectivity index (χ1v) is 11.0. The summed E-state index contributed by atoms with van der Waals surface area (Å²) < 4.78 is 12.5. The van der Waals surface area contributed by atoms with Gasteiger partial charge in [0.2, 0.25) is 0 Å². The molecule has 0 radical (unpaired) electrons. The Kier molecular flexibility index (Phi) is 5.12. The van der Waals surface area contributed by atoms with Crippen LogP contribution in [0.2, 0.25) is 0 Å². The topological polar surface area (TPSA) is 42.0 Å². The van der Waals surface area contributed by atoms with Crippen LogP contribution in [0.5, 0.6) is 11.5 Å². The van der Waals surface area contributed by atoms with Crippen LogP contribution >= 0.6 is 11.3 Å². The molecule has 2 aliphatic rings. The van der Waals surface area contributed by atoms with Crippen molar-refractivity contribution in [3.05, 3.63) is 53.4 Å². The molecule has 5 nitrogen and oxygen atoms in total. The van der Waals surface area contributed by atoms with Crippen molar-refractivity contribution in [1.82, 2.24) is 4.90 Å². The van der Waals surface area contributed by atoms with E-state index in [2.05, 4.69) is 28.0 Å². The third-order valence-corrected chi connectivity index (χ3v) is 6.66. The average Bonchev–Trinajstić information content (AvgIpc) is 3.22. The number of anilines is 1. The van der Waals surface area contributed by atoms with Crippen LogP contribution in [0.3, 0.4) is 0 Å². The SMILES string of the molecule is O=C(CCN1CCN(c2ccc3c(c2)OCCO3)CC1)c1csc2ccccc12. The fraction of sp³-hybridized carbons (Fsp3) is 0.348. The molecule has 5 rings (SSSR count). The normalized spacial score (nSPS) is 16.9. The van der Waals surface area contributed by atoms with Crippen molar-refractivity contribution >= 4 is 32.9 Å². The molecule has 0 N–H and O–H groups in total. The van der Waals surface area contributed by atoms with Crippen LogP contribution in [-0.4, -0.2) is 56.6 Å². The number of carbonyl (C=O) groups is 1. The fourth-order valence-electron chi connectivity index (χ4n) is 4.05. The average molecular weight is 409 g/mol. The summed E-state index contributed by atoms with van der Waals surface area (Å²) >= 11 is 1.65. The van der Waals surface area contributed by atoms with Gasteiger partial charge in [0.05, 0.1) is 0 Å². The molecule has 1 aromatic heterocycles. The van der Waals surface area contributed by atoms with Gasteiger partial charge >= 0.3 is 0 Å². The lowest BCUT2D eigenvalue weighted by Crippen LogP contribution is -2.46. The van der Waals surface area contributed by atoms with Gasteiger partial charge in [-0.2, -0.15) is 0 Å². The molecule has 0 atom stereocenters. The van der Waals surface area contributed by atoms with Crippen molar-refractivity contribution in [1.29, 1.82) is 0 Å². The van der Waals surface area contributed by atoms with Crippen LogP contribution in [0, 0.1) is 0 Å². The smallest absolute Gasteiger partial charge is 0.165 e. The summed E-state index contributed by atoms with van der Waals surface area (Å²) in [6.45, 7) is 5.88. The Morgan fingerprint density at radius 1 is 0.966 bits per heavy atom. The van der Waals surface area contributed by atoms with Crippen LogP contribution in [0.1, 0.15) is 16.8 Å². The molecule has 3 heterocycles. The highest BCUT2D eigenvalue weighted by atomic mass is 32.1. The number of carbonyl (C=O) groups excluding carboxylic acids is 1. The summed E-state index contributed by atoms with van der Waals surface area (Å²) in [6.07, 6.45) is 0.574. The van der Waals surface area contributed by atoms with Crippen molar-refractivity contribution in [2.24, 2.45) is 0 Å². The van der Waals surface area contributed by atoms with Crippen LogP contribution in [-0.2, 0) is 0 Å². The molecule has 3 aromatic rings. The second-order valence-corrected chi connectivity index (χ2v) is 8.39. The lowest BCUT2D eigenvalue weighted by Gasteiger charge is -2.36. The van der Waals surface area contributed by atoms with Crippen molar-refractivity contribution in [2.45, 2.75) is 6.42 Å². The molecule has 2 aliphatic heterocycles. The van der Waals surface area contributed by atoms with E-state index >= 15 is 0 Å². The minimum Gasteiger partial charge on any atom is -0.486 e. The number of Topliss-reactive ketones (excluding diaryl/α,β-unsaturated/α-hetero) is 1. The zero-order valence-corrected chi connectivity index (χ0v) is 17.1. The molecule has 0 amide bonds. The number of ketones is 1. The summed E-state index contributed by atoms with van der Waals surface area (Å²) in [5.74, 6) is 1.92. The van der Waals surface area contributed by atoms with Crippen LogP contribution in [0.25, 0.3) is 10.1 Å². The number of nitrogens with zero attached hydrogens (tertiary/aromatic N) is 2. The molecule has 1 saturated heterocycles. The minimum absolute atomic E-state index is 0.247. The number of rotatable bonds is 5. The number of hydrogen-bond donors (Lipinski definition) is 0. The zero-order valence-electron chi connectivity index (χ0n) is 16.3. The van der Waals surface area contributed by atoms with Gasteiger partial charge in [-0.05, 0) is 18.2 Å². The molecule has 0 unspecified atom stereocenters. The van der Waals surface area contributed by atoms with Gasteiger partial charge < -0.3 is 14.4 Å². The molecule has 0 saturated carbocycles. The molecule has 1 fully saturated rings. The van der Waals surface area contributed by atoms with Gasteiger partial charge in [0, 0.05) is 71.9 Å². The highest BCUT2D eigenvalue weighted by Gasteiger charge is 2.21. The third-order valence-electron chi connectivity index (χ3n) is 5.70. The van der Waals surface area contributed by atoms with Crippen molar-refractivity contribution < 1.29 is 14.3 Å². The monoisotopic (exact) mass is 408 g/mol. The minimum atomic E-state index is 0.247. The summed E-state index contributed by atoms with van der Waals surface area (Å²) in [6, 6.07) is 14.3. The van der Waals surface area contributed by atoms with Gasteiger partial charge in [0.1, 0.15) is 13.2 Å². The molecular weight excluding hydrogens is 384 g/mol. The van der Waals surface area contributed by atoms with Crippen molar-refractivity contribution in [3.63, 3.8) is 0 Å². The number of thiophene rings is 1. The van der Waals surface area contributed by atoms with Crippen molar-refractivity contribution in [3.8, 4) is 11.5 Å². The largest absolute Gasteiger partial charge is 0.486 e.